The fourth-order valence-electron chi connectivity index (χ4n) is 15.9. The van der Waals surface area contributed by atoms with E-state index in [9.17, 15) is 0 Å². The number of thiophene rings is 3. The quantitative estimate of drug-likeness (QED) is 0.108. The van der Waals surface area contributed by atoms with Crippen molar-refractivity contribution in [1.82, 2.24) is 0 Å². The second kappa shape index (κ2) is 27.9. The first-order valence-corrected chi connectivity index (χ1v) is 39.3. The molecule has 21 aromatic rings. The van der Waals surface area contributed by atoms with Gasteiger partial charge >= 0.3 is 0 Å². The number of aryl methyl sites for hydroxylation is 1. The molecule has 5 nitrogen and oxygen atoms in total. The Morgan fingerprint density at radius 1 is 0.193 bits per heavy atom. The predicted molar refractivity (Wildman–Crippen MR) is 471 cm³/mol. The first-order valence-electron chi connectivity index (χ1n) is 36.8. The summed E-state index contributed by atoms with van der Waals surface area (Å²) in [6, 6.07) is 142. The van der Waals surface area contributed by atoms with Crippen molar-refractivity contribution < 1.29 is 4.42 Å². The fraction of sp³-hybridized carbons (Fsp3) is 0.00990. The SMILES string of the molecule is Cc1cccc2sc3ccc(N(c4ccccc4)c4ccc5sc6cc(N(c7ccccc7)c7ccccc7)c7ccccc7c6c5c4)cc3c12.c1ccc(-c2cc(-c3ccc4c(c3)sc3ccc(N(c5ccccc5)c5ccccc5)cc34)cc(N(c3ccccc3)c3ccc4oc5ccccc5c4c3)c2)cc1. The van der Waals surface area contributed by atoms with E-state index in [0.717, 1.165) is 95.6 Å². The van der Waals surface area contributed by atoms with Crippen LogP contribution in [-0.4, -0.2) is 0 Å². The van der Waals surface area contributed by atoms with Crippen molar-refractivity contribution in [2.24, 2.45) is 0 Å². The molecule has 8 heteroatoms. The van der Waals surface area contributed by atoms with E-state index in [2.05, 4.69) is 409 Å². The van der Waals surface area contributed by atoms with E-state index in [1.807, 2.05) is 46.1 Å². The van der Waals surface area contributed by atoms with Crippen LogP contribution in [0.5, 0.6) is 0 Å². The molecule has 4 aromatic heterocycles. The van der Waals surface area contributed by atoms with Crippen molar-refractivity contribution in [1.29, 1.82) is 0 Å². The number of hydrogen-bond donors (Lipinski definition) is 0. The van der Waals surface area contributed by atoms with Gasteiger partial charge in [-0.15, -0.1) is 34.0 Å². The molecule has 516 valence electrons. The van der Waals surface area contributed by atoms with E-state index in [-0.39, 0.29) is 0 Å². The molecule has 0 fully saturated rings. The smallest absolute Gasteiger partial charge is 0.135 e. The lowest BCUT2D eigenvalue weighted by molar-refractivity contribution is 0.669. The lowest BCUT2D eigenvalue weighted by Gasteiger charge is -2.27. The average molecular weight is 1450 g/mol. The second-order valence-electron chi connectivity index (χ2n) is 27.6. The zero-order valence-electron chi connectivity index (χ0n) is 59.4. The molecule has 0 aliphatic rings. The van der Waals surface area contributed by atoms with Gasteiger partial charge in [-0.2, -0.15) is 0 Å². The van der Waals surface area contributed by atoms with Gasteiger partial charge in [-0.1, -0.05) is 206 Å². The summed E-state index contributed by atoms with van der Waals surface area (Å²) in [5, 5.41) is 12.5. The first kappa shape index (κ1) is 65.2. The summed E-state index contributed by atoms with van der Waals surface area (Å²) < 4.78 is 14.0. The zero-order valence-corrected chi connectivity index (χ0v) is 61.9. The Morgan fingerprint density at radius 3 is 1.17 bits per heavy atom. The highest BCUT2D eigenvalue weighted by Crippen LogP contribution is 2.51. The Balaban J connectivity index is 0.000000144. The molecule has 109 heavy (non-hydrogen) atoms. The molecule has 0 spiro atoms. The van der Waals surface area contributed by atoms with Crippen molar-refractivity contribution in [2.75, 3.05) is 19.6 Å². The fourth-order valence-corrected chi connectivity index (χ4v) is 19.4. The highest BCUT2D eigenvalue weighted by molar-refractivity contribution is 7.26. The van der Waals surface area contributed by atoms with Crippen LogP contribution in [0.15, 0.2) is 399 Å². The van der Waals surface area contributed by atoms with Crippen molar-refractivity contribution in [3.8, 4) is 22.3 Å². The summed E-state index contributed by atoms with van der Waals surface area (Å²) in [5.74, 6) is 0. The Bertz CT molecular complexity index is 6860. The molecular weight excluding hydrogens is 1380 g/mol. The summed E-state index contributed by atoms with van der Waals surface area (Å²) in [7, 11) is 0. The summed E-state index contributed by atoms with van der Waals surface area (Å²) in [5.41, 5.74) is 21.3. The number of para-hydroxylation sites is 7. The van der Waals surface area contributed by atoms with Gasteiger partial charge in [0.1, 0.15) is 11.2 Å². The van der Waals surface area contributed by atoms with Crippen LogP contribution in [0.3, 0.4) is 0 Å². The van der Waals surface area contributed by atoms with Crippen LogP contribution in [0.2, 0.25) is 0 Å². The predicted octanol–water partition coefficient (Wildman–Crippen LogP) is 31.1. The van der Waals surface area contributed by atoms with E-state index >= 15 is 0 Å². The van der Waals surface area contributed by atoms with Gasteiger partial charge in [0.05, 0.1) is 5.69 Å². The van der Waals surface area contributed by atoms with Gasteiger partial charge in [0.25, 0.3) is 0 Å². The van der Waals surface area contributed by atoms with Crippen molar-refractivity contribution in [3.63, 3.8) is 0 Å². The molecule has 0 bridgehead atoms. The third kappa shape index (κ3) is 12.1. The first-order chi connectivity index (χ1) is 53.9. The molecular formula is C101H68N4OS3. The summed E-state index contributed by atoms with van der Waals surface area (Å²) in [6.07, 6.45) is 0. The summed E-state index contributed by atoms with van der Waals surface area (Å²) >= 11 is 5.60. The third-order valence-electron chi connectivity index (χ3n) is 20.9. The van der Waals surface area contributed by atoms with Gasteiger partial charge < -0.3 is 24.0 Å². The summed E-state index contributed by atoms with van der Waals surface area (Å²) in [4.78, 5) is 9.50. The van der Waals surface area contributed by atoms with Crippen LogP contribution < -0.4 is 19.6 Å². The Kier molecular flexibility index (Phi) is 16.7. The molecule has 0 amide bonds. The lowest BCUT2D eigenvalue weighted by atomic mass is 9.96. The normalized spacial score (nSPS) is 11.5. The maximum absolute atomic E-state index is 6.25. The number of hydrogen-bond acceptors (Lipinski definition) is 8. The molecule has 4 heterocycles. The molecule has 0 saturated heterocycles. The molecule has 0 saturated carbocycles. The average Bonchev–Trinajstić information content (AvgIpc) is 1.62. The minimum atomic E-state index is 0.883. The van der Waals surface area contributed by atoms with Crippen LogP contribution in [0.25, 0.3) is 115 Å². The van der Waals surface area contributed by atoms with Crippen LogP contribution in [-0.2, 0) is 0 Å². The van der Waals surface area contributed by atoms with E-state index in [1.165, 1.54) is 93.7 Å². The minimum absolute atomic E-state index is 0.883. The molecule has 0 N–H and O–H groups in total. The van der Waals surface area contributed by atoms with Gasteiger partial charge in [0.2, 0.25) is 0 Å². The number of furan rings is 1. The highest BCUT2D eigenvalue weighted by atomic mass is 32.1. The van der Waals surface area contributed by atoms with Crippen LogP contribution in [0.1, 0.15) is 5.56 Å². The van der Waals surface area contributed by atoms with Crippen LogP contribution in [0.4, 0.5) is 68.2 Å². The van der Waals surface area contributed by atoms with Crippen LogP contribution >= 0.6 is 34.0 Å². The van der Waals surface area contributed by atoms with E-state index in [1.54, 1.807) is 0 Å². The number of fused-ring (bicyclic) bond motifs is 14. The zero-order chi connectivity index (χ0) is 72.3. The highest BCUT2D eigenvalue weighted by Gasteiger charge is 2.24. The topological polar surface area (TPSA) is 26.1 Å². The maximum Gasteiger partial charge on any atom is 0.135 e. The second-order valence-corrected chi connectivity index (χ2v) is 30.8. The van der Waals surface area contributed by atoms with Gasteiger partial charge in [-0.25, -0.2) is 0 Å². The minimum Gasteiger partial charge on any atom is -0.456 e. The number of benzene rings is 17. The van der Waals surface area contributed by atoms with E-state index in [4.69, 9.17) is 4.42 Å². The Morgan fingerprint density at radius 2 is 0.606 bits per heavy atom. The lowest BCUT2D eigenvalue weighted by Crippen LogP contribution is -2.10. The molecule has 0 unspecified atom stereocenters. The van der Waals surface area contributed by atoms with E-state index < -0.39 is 0 Å². The largest absolute Gasteiger partial charge is 0.456 e. The Hall–Kier alpha value is -13.3. The standard InChI is InChI=1S/C54H36N2OS.C47H32N2S2/c1-5-15-37(16-6-1)39-31-40(33-46(32-39)56(43-21-11-4-12-22-43)44-26-29-52-49(35-44)47-23-13-14-24-51(47)57-52)38-25-28-48-50-36-45(27-30-53(50)58-54(48)34-38)55(41-17-7-2-8-18-41)42-19-9-3-10-20-42;1-31-14-13-23-44-46(31)39-28-35(24-26-42(39)50-44)48(32-15-5-2-6-16-32)36-25-27-43-40(29-36)47-38-22-12-11-21-37(38)41(30-45(47)51-43)49(33-17-7-3-8-18-33)34-19-9-4-10-20-34/h1-36H;2-30H,1H3. The number of anilines is 12. The van der Waals surface area contributed by atoms with Crippen LogP contribution in [0, 0.1) is 6.92 Å². The van der Waals surface area contributed by atoms with Crippen molar-refractivity contribution >= 4 is 195 Å². The maximum atomic E-state index is 6.25. The van der Waals surface area contributed by atoms with Gasteiger partial charge in [0, 0.05) is 139 Å². The van der Waals surface area contributed by atoms with Gasteiger partial charge in [0.15, 0.2) is 0 Å². The number of rotatable bonds is 14. The molecule has 21 rings (SSSR count). The molecule has 0 aliphatic heterocycles. The van der Waals surface area contributed by atoms with Gasteiger partial charge in [-0.05, 0) is 228 Å². The van der Waals surface area contributed by atoms with Gasteiger partial charge in [-0.3, -0.25) is 0 Å². The van der Waals surface area contributed by atoms with Crippen molar-refractivity contribution in [2.45, 2.75) is 6.92 Å². The monoisotopic (exact) mass is 1450 g/mol. The molecule has 0 radical (unpaired) electrons. The number of nitrogens with zero attached hydrogens (tertiary/aromatic N) is 4. The van der Waals surface area contributed by atoms with Crippen molar-refractivity contribution in [3.05, 3.63) is 400 Å². The van der Waals surface area contributed by atoms with E-state index in [0.29, 0.717) is 0 Å². The molecule has 17 aromatic carbocycles. The Labute approximate surface area is 643 Å². The third-order valence-corrected chi connectivity index (χ3v) is 24.3. The molecule has 0 atom stereocenters. The summed E-state index contributed by atoms with van der Waals surface area (Å²) in [6.45, 7) is 2.22. The molecule has 0 aliphatic carbocycles.